The van der Waals surface area contributed by atoms with Crippen molar-refractivity contribution >= 4 is 34.4 Å². The third kappa shape index (κ3) is 4.41. The highest BCUT2D eigenvalue weighted by atomic mass is 32.2. The summed E-state index contributed by atoms with van der Waals surface area (Å²) in [7, 11) is 1.62. The number of halogens is 1. The molecule has 0 bridgehead atoms. The number of nitrogens with one attached hydrogen (secondary N) is 1. The van der Waals surface area contributed by atoms with Gasteiger partial charge in [0.1, 0.15) is 11.6 Å². The number of benzene rings is 3. The minimum absolute atomic E-state index is 0.136. The molecule has 34 heavy (non-hydrogen) atoms. The standard InChI is InChI=1S/C26H23FN4O2S/c1-16(34-26-28-21-5-3-4-6-22(21)29-26)25(32)31-24(18-7-11-19(27)12-8-18)15-23(30-31)17-9-13-20(33-2)14-10-17/h3-14,16,24H,15H2,1-2H3,(H,28,29). The number of hydrogen-bond acceptors (Lipinski definition) is 5. The number of nitrogens with zero attached hydrogens (tertiary/aromatic N) is 3. The second-order valence-electron chi connectivity index (χ2n) is 8.05. The molecule has 0 fully saturated rings. The maximum absolute atomic E-state index is 13.6. The molecule has 4 aromatic rings. The Balaban J connectivity index is 1.42. The maximum atomic E-state index is 13.6. The van der Waals surface area contributed by atoms with E-state index >= 15 is 0 Å². The zero-order valence-corrected chi connectivity index (χ0v) is 19.6. The number of hydrogen-bond donors (Lipinski definition) is 1. The first-order valence-electron chi connectivity index (χ1n) is 10.9. The van der Waals surface area contributed by atoms with E-state index in [1.807, 2.05) is 55.5 Å². The number of ether oxygens (including phenoxy) is 1. The molecule has 1 aromatic heterocycles. The lowest BCUT2D eigenvalue weighted by Gasteiger charge is -2.24. The van der Waals surface area contributed by atoms with Crippen LogP contribution in [0.4, 0.5) is 4.39 Å². The van der Waals surface area contributed by atoms with E-state index < -0.39 is 5.25 Å². The van der Waals surface area contributed by atoms with Gasteiger partial charge in [-0.1, -0.05) is 36.0 Å². The predicted octanol–water partition coefficient (Wildman–Crippen LogP) is 5.57. The molecule has 0 spiro atoms. The van der Waals surface area contributed by atoms with Crippen LogP contribution in [-0.4, -0.2) is 39.0 Å². The summed E-state index contributed by atoms with van der Waals surface area (Å²) in [5.41, 5.74) is 4.33. The Kier molecular flexibility index (Phi) is 6.06. The van der Waals surface area contributed by atoms with Gasteiger partial charge in [-0.25, -0.2) is 14.4 Å². The average Bonchev–Trinajstić information content (AvgIpc) is 3.48. The normalized spacial score (nSPS) is 16.5. The molecule has 2 heterocycles. The molecule has 5 rings (SSSR count). The Hall–Kier alpha value is -3.65. The highest BCUT2D eigenvalue weighted by molar-refractivity contribution is 8.00. The van der Waals surface area contributed by atoms with Crippen LogP contribution in [-0.2, 0) is 4.79 Å². The van der Waals surface area contributed by atoms with E-state index in [1.165, 1.54) is 28.9 Å². The first kappa shape index (κ1) is 22.2. The van der Waals surface area contributed by atoms with E-state index in [4.69, 9.17) is 9.84 Å². The summed E-state index contributed by atoms with van der Waals surface area (Å²) in [6.45, 7) is 1.85. The number of thioether (sulfide) groups is 1. The van der Waals surface area contributed by atoms with Gasteiger partial charge in [-0.05, 0) is 66.6 Å². The van der Waals surface area contributed by atoms with E-state index in [0.717, 1.165) is 33.6 Å². The number of aromatic nitrogens is 2. The molecule has 0 saturated carbocycles. The van der Waals surface area contributed by atoms with Crippen LogP contribution in [0.3, 0.4) is 0 Å². The third-order valence-corrected chi connectivity index (χ3v) is 6.79. The molecule has 6 nitrogen and oxygen atoms in total. The number of fused-ring (bicyclic) bond motifs is 1. The van der Waals surface area contributed by atoms with E-state index in [9.17, 15) is 9.18 Å². The molecule has 8 heteroatoms. The number of imidazole rings is 1. The quantitative estimate of drug-likeness (QED) is 0.371. The summed E-state index contributed by atoms with van der Waals surface area (Å²) in [5, 5.41) is 6.51. The van der Waals surface area contributed by atoms with E-state index in [-0.39, 0.29) is 17.8 Å². The minimum Gasteiger partial charge on any atom is -0.497 e. The highest BCUT2D eigenvalue weighted by Crippen LogP contribution is 2.35. The lowest BCUT2D eigenvalue weighted by molar-refractivity contribution is -0.132. The molecule has 0 saturated heterocycles. The number of carbonyl (C=O) groups excluding carboxylic acids is 1. The van der Waals surface area contributed by atoms with Crippen molar-refractivity contribution in [3.63, 3.8) is 0 Å². The van der Waals surface area contributed by atoms with Crippen LogP contribution in [0.25, 0.3) is 11.0 Å². The Morgan fingerprint density at radius 1 is 1.12 bits per heavy atom. The van der Waals surface area contributed by atoms with E-state index in [0.29, 0.717) is 11.6 Å². The van der Waals surface area contributed by atoms with Gasteiger partial charge >= 0.3 is 0 Å². The van der Waals surface area contributed by atoms with Gasteiger partial charge in [0.2, 0.25) is 0 Å². The number of methoxy groups -OCH3 is 1. The Morgan fingerprint density at radius 3 is 2.56 bits per heavy atom. The van der Waals surface area contributed by atoms with Gasteiger partial charge in [-0.2, -0.15) is 5.10 Å². The molecule has 2 atom stereocenters. The van der Waals surface area contributed by atoms with Crippen LogP contribution in [0, 0.1) is 5.82 Å². The van der Waals surface area contributed by atoms with Crippen molar-refractivity contribution in [1.82, 2.24) is 15.0 Å². The van der Waals surface area contributed by atoms with Gasteiger partial charge in [0, 0.05) is 6.42 Å². The fourth-order valence-corrected chi connectivity index (χ4v) is 4.87. The van der Waals surface area contributed by atoms with Crippen molar-refractivity contribution in [2.24, 2.45) is 5.10 Å². The second kappa shape index (κ2) is 9.30. The monoisotopic (exact) mass is 474 g/mol. The van der Waals surface area contributed by atoms with Crippen LogP contribution in [0.5, 0.6) is 5.75 Å². The van der Waals surface area contributed by atoms with Crippen LogP contribution in [0.2, 0.25) is 0 Å². The molecular formula is C26H23FN4O2S. The molecule has 0 aliphatic carbocycles. The van der Waals surface area contributed by atoms with Crippen molar-refractivity contribution in [3.8, 4) is 5.75 Å². The molecule has 172 valence electrons. The second-order valence-corrected chi connectivity index (χ2v) is 9.38. The summed E-state index contributed by atoms with van der Waals surface area (Å²) < 4.78 is 18.8. The zero-order valence-electron chi connectivity index (χ0n) is 18.7. The van der Waals surface area contributed by atoms with Gasteiger partial charge in [0.15, 0.2) is 5.16 Å². The van der Waals surface area contributed by atoms with Crippen LogP contribution in [0.1, 0.15) is 30.5 Å². The Bertz CT molecular complexity index is 1320. The van der Waals surface area contributed by atoms with Crippen LogP contribution < -0.4 is 4.74 Å². The van der Waals surface area contributed by atoms with Crippen molar-refractivity contribution in [1.29, 1.82) is 0 Å². The Labute approximate surface area is 200 Å². The first-order chi connectivity index (χ1) is 16.5. The van der Waals surface area contributed by atoms with Gasteiger partial charge in [0.25, 0.3) is 5.91 Å². The molecule has 1 N–H and O–H groups in total. The number of H-pyrrole nitrogens is 1. The molecule has 1 aliphatic rings. The molecular weight excluding hydrogens is 451 g/mol. The van der Waals surface area contributed by atoms with Crippen molar-refractivity contribution in [2.45, 2.75) is 29.8 Å². The van der Waals surface area contributed by atoms with Crippen LogP contribution in [0.15, 0.2) is 83.1 Å². The largest absolute Gasteiger partial charge is 0.497 e. The predicted molar refractivity (Wildman–Crippen MR) is 132 cm³/mol. The number of rotatable bonds is 6. The summed E-state index contributed by atoms with van der Waals surface area (Å²) in [4.78, 5) is 21.4. The maximum Gasteiger partial charge on any atom is 0.256 e. The van der Waals surface area contributed by atoms with E-state index in [1.54, 1.807) is 19.2 Å². The topological polar surface area (TPSA) is 70.6 Å². The first-order valence-corrected chi connectivity index (χ1v) is 11.8. The van der Waals surface area contributed by atoms with E-state index in [2.05, 4.69) is 9.97 Å². The summed E-state index contributed by atoms with van der Waals surface area (Å²) in [5.74, 6) is 0.300. The van der Waals surface area contributed by atoms with Crippen molar-refractivity contribution in [3.05, 3.63) is 89.7 Å². The molecule has 1 aliphatic heterocycles. The number of hydrazone groups is 1. The number of amides is 1. The summed E-state index contributed by atoms with van der Waals surface area (Å²) >= 11 is 1.36. The molecule has 2 unspecified atom stereocenters. The minimum atomic E-state index is -0.428. The molecule has 0 radical (unpaired) electrons. The summed E-state index contributed by atoms with van der Waals surface area (Å²) in [6.07, 6.45) is 0.533. The van der Waals surface area contributed by atoms with Crippen molar-refractivity contribution in [2.75, 3.05) is 7.11 Å². The highest BCUT2D eigenvalue weighted by Gasteiger charge is 2.35. The zero-order chi connectivity index (χ0) is 23.7. The van der Waals surface area contributed by atoms with Gasteiger partial charge in [-0.3, -0.25) is 4.79 Å². The average molecular weight is 475 g/mol. The van der Waals surface area contributed by atoms with Crippen molar-refractivity contribution < 1.29 is 13.9 Å². The van der Waals surface area contributed by atoms with Gasteiger partial charge in [-0.15, -0.1) is 0 Å². The molecule has 1 amide bonds. The third-order valence-electron chi connectivity index (χ3n) is 5.82. The fraction of sp³-hybridized carbons (Fsp3) is 0.192. The lowest BCUT2D eigenvalue weighted by Crippen LogP contribution is -2.33. The molecule has 3 aromatic carbocycles. The lowest BCUT2D eigenvalue weighted by atomic mass is 9.98. The Morgan fingerprint density at radius 2 is 1.85 bits per heavy atom. The van der Waals surface area contributed by atoms with Gasteiger partial charge < -0.3 is 9.72 Å². The number of carbonyl (C=O) groups is 1. The summed E-state index contributed by atoms with van der Waals surface area (Å²) in [6, 6.07) is 21.3. The number of para-hydroxylation sites is 2. The smallest absolute Gasteiger partial charge is 0.256 e. The van der Waals surface area contributed by atoms with Gasteiger partial charge in [0.05, 0.1) is 35.1 Å². The SMILES string of the molecule is COc1ccc(C2=NN(C(=O)C(C)Sc3nc4ccccc4[nH]3)C(c3ccc(F)cc3)C2)cc1. The van der Waals surface area contributed by atoms with Crippen LogP contribution >= 0.6 is 11.8 Å². The number of aromatic amines is 1. The fourth-order valence-electron chi connectivity index (χ4n) is 4.01.